The van der Waals surface area contributed by atoms with Gasteiger partial charge >= 0.3 is 12.2 Å². The summed E-state index contributed by atoms with van der Waals surface area (Å²) in [5, 5.41) is 3.37. The van der Waals surface area contributed by atoms with Gasteiger partial charge in [-0.25, -0.2) is 32.5 Å². The van der Waals surface area contributed by atoms with Crippen LogP contribution in [0.5, 0.6) is 0 Å². The second-order valence-corrected chi connectivity index (χ2v) is 12.5. The van der Waals surface area contributed by atoms with E-state index >= 15 is 0 Å². The summed E-state index contributed by atoms with van der Waals surface area (Å²) in [5.74, 6) is -0.00940. The predicted octanol–water partition coefficient (Wildman–Crippen LogP) is 3.70. The normalized spacial score (nSPS) is 17.5. The lowest BCUT2D eigenvalue weighted by Gasteiger charge is -2.30. The molecule has 4 heterocycles. The maximum absolute atomic E-state index is 13.9. The van der Waals surface area contributed by atoms with Crippen LogP contribution in [0.2, 0.25) is 5.02 Å². The van der Waals surface area contributed by atoms with E-state index in [4.69, 9.17) is 11.6 Å². The Balaban J connectivity index is 1.36. The molecule has 2 saturated heterocycles. The van der Waals surface area contributed by atoms with Crippen LogP contribution in [0.15, 0.2) is 36.9 Å². The Hall–Kier alpha value is -3.43. The molecule has 11 nitrogen and oxygen atoms in total. The number of alkyl halides is 3. The van der Waals surface area contributed by atoms with Crippen molar-refractivity contribution in [3.8, 4) is 17.1 Å². The lowest BCUT2D eigenvalue weighted by molar-refractivity contribution is -0.137. The topological polar surface area (TPSA) is 117 Å². The molecule has 0 unspecified atom stereocenters. The number of carbonyl (C=O) groups excluding carboxylic acids is 1. The highest BCUT2D eigenvalue weighted by Crippen LogP contribution is 2.36. The number of sulfonamides is 1. The Morgan fingerprint density at radius 3 is 2.46 bits per heavy atom. The van der Waals surface area contributed by atoms with Crippen LogP contribution in [0.25, 0.3) is 17.1 Å². The Morgan fingerprint density at radius 1 is 1.12 bits per heavy atom. The van der Waals surface area contributed by atoms with E-state index in [2.05, 4.69) is 20.3 Å². The van der Waals surface area contributed by atoms with Gasteiger partial charge < -0.3 is 19.7 Å². The number of urea groups is 1. The molecular weight excluding hydrogens is 585 g/mol. The van der Waals surface area contributed by atoms with Crippen LogP contribution in [0.4, 0.5) is 23.9 Å². The highest BCUT2D eigenvalue weighted by molar-refractivity contribution is 7.88. The maximum atomic E-state index is 13.9. The van der Waals surface area contributed by atoms with Gasteiger partial charge in [-0.05, 0) is 30.5 Å². The smallest absolute Gasteiger partial charge is 0.351 e. The summed E-state index contributed by atoms with van der Waals surface area (Å²) in [4.78, 5) is 27.7. The first kappa shape index (κ1) is 29.1. The fourth-order valence-corrected chi connectivity index (χ4v) is 6.05. The number of nitrogens with zero attached hydrogens (tertiary/aromatic N) is 7. The number of piperidine rings is 1. The molecule has 0 atom stereocenters. The molecule has 2 aromatic heterocycles. The number of likely N-dealkylation sites (N-methyl/N-ethyl adjacent to an activating group) is 1. The third-order valence-electron chi connectivity index (χ3n) is 7.14. The molecule has 0 aliphatic carbocycles. The van der Waals surface area contributed by atoms with Crippen LogP contribution in [0.1, 0.15) is 24.0 Å². The van der Waals surface area contributed by atoms with E-state index in [1.54, 1.807) is 35.0 Å². The monoisotopic (exact) mass is 612 g/mol. The minimum Gasteiger partial charge on any atom is -0.351 e. The van der Waals surface area contributed by atoms with E-state index in [9.17, 15) is 26.4 Å². The largest absolute Gasteiger partial charge is 0.420 e. The molecule has 41 heavy (non-hydrogen) atoms. The number of rotatable bonds is 7. The van der Waals surface area contributed by atoms with Crippen LogP contribution in [-0.2, 0) is 22.7 Å². The first-order chi connectivity index (χ1) is 19.3. The number of carbonyl (C=O) groups is 1. The SMILES string of the molecule is CN1CCN(Cc2ccc(-n3cnc(-c4nc(NC5CCN(S(C)(=O)=O)CC5)ncc4C(F)(F)F)c3)c(Cl)c2)C1=O. The summed E-state index contributed by atoms with van der Waals surface area (Å²) in [6, 6.07) is 4.96. The highest BCUT2D eigenvalue weighted by atomic mass is 35.5. The molecule has 2 aliphatic rings. The number of nitrogens with one attached hydrogen (secondary N) is 1. The maximum Gasteiger partial charge on any atom is 0.420 e. The molecular formula is C25H28ClF3N8O3S. The molecule has 3 aromatic rings. The minimum absolute atomic E-state index is 0.00940. The van der Waals surface area contributed by atoms with E-state index in [0.717, 1.165) is 11.8 Å². The first-order valence-corrected chi connectivity index (χ1v) is 15.0. The van der Waals surface area contributed by atoms with Gasteiger partial charge in [-0.3, -0.25) is 0 Å². The lowest BCUT2D eigenvalue weighted by Crippen LogP contribution is -2.42. The third kappa shape index (κ3) is 6.41. The van der Waals surface area contributed by atoms with Gasteiger partial charge in [0.15, 0.2) is 0 Å². The molecule has 0 saturated carbocycles. The van der Waals surface area contributed by atoms with Crippen LogP contribution < -0.4 is 5.32 Å². The van der Waals surface area contributed by atoms with Gasteiger partial charge in [-0.1, -0.05) is 17.7 Å². The van der Waals surface area contributed by atoms with Crippen molar-refractivity contribution < 1.29 is 26.4 Å². The van der Waals surface area contributed by atoms with Crippen molar-refractivity contribution in [2.75, 3.05) is 44.8 Å². The Morgan fingerprint density at radius 2 is 1.85 bits per heavy atom. The molecule has 0 radical (unpaired) electrons. The van der Waals surface area contributed by atoms with E-state index in [1.165, 1.54) is 21.4 Å². The summed E-state index contributed by atoms with van der Waals surface area (Å²) in [6.07, 6.45) is 0.809. The van der Waals surface area contributed by atoms with Gasteiger partial charge in [0.2, 0.25) is 16.0 Å². The van der Waals surface area contributed by atoms with Gasteiger partial charge in [0.1, 0.15) is 23.3 Å². The average Bonchev–Trinajstić information content (AvgIpc) is 3.51. The van der Waals surface area contributed by atoms with Crippen molar-refractivity contribution in [1.29, 1.82) is 0 Å². The van der Waals surface area contributed by atoms with E-state index in [-0.39, 0.29) is 23.7 Å². The number of imidazole rings is 1. The van der Waals surface area contributed by atoms with E-state index in [1.807, 2.05) is 0 Å². The van der Waals surface area contributed by atoms with Crippen molar-refractivity contribution in [1.82, 2.24) is 33.6 Å². The number of anilines is 1. The van der Waals surface area contributed by atoms with Crippen LogP contribution in [0.3, 0.4) is 0 Å². The second-order valence-electron chi connectivity index (χ2n) is 10.1. The summed E-state index contributed by atoms with van der Waals surface area (Å²) in [7, 11) is -1.57. The van der Waals surface area contributed by atoms with Gasteiger partial charge in [0.25, 0.3) is 0 Å². The molecule has 0 bridgehead atoms. The number of hydrogen-bond acceptors (Lipinski definition) is 7. The first-order valence-electron chi connectivity index (χ1n) is 12.8. The molecule has 16 heteroatoms. The quantitative estimate of drug-likeness (QED) is 0.432. The van der Waals surface area contributed by atoms with Gasteiger partial charge in [-0.2, -0.15) is 13.2 Å². The summed E-state index contributed by atoms with van der Waals surface area (Å²) in [5.41, 5.74) is -0.150. The number of aromatic nitrogens is 4. The Bertz CT molecular complexity index is 1560. The number of benzene rings is 1. The molecule has 2 fully saturated rings. The second kappa shape index (κ2) is 11.1. The molecule has 1 aromatic carbocycles. The van der Waals surface area contributed by atoms with Crippen molar-refractivity contribution in [2.45, 2.75) is 31.6 Å². The van der Waals surface area contributed by atoms with Crippen molar-refractivity contribution >= 4 is 33.6 Å². The molecule has 2 amide bonds. The van der Waals surface area contributed by atoms with Crippen molar-refractivity contribution in [3.05, 3.63) is 53.1 Å². The van der Waals surface area contributed by atoms with Crippen LogP contribution in [0, 0.1) is 0 Å². The van der Waals surface area contributed by atoms with Crippen molar-refractivity contribution in [3.63, 3.8) is 0 Å². The zero-order valence-electron chi connectivity index (χ0n) is 22.3. The third-order valence-corrected chi connectivity index (χ3v) is 8.75. The van der Waals surface area contributed by atoms with Crippen LogP contribution in [-0.4, -0.2) is 93.6 Å². The van der Waals surface area contributed by atoms with Gasteiger partial charge in [-0.15, -0.1) is 0 Å². The van der Waals surface area contributed by atoms with Crippen LogP contribution >= 0.6 is 11.6 Å². The number of halogens is 4. The average molecular weight is 613 g/mol. The molecule has 2 aliphatic heterocycles. The Kier molecular flexibility index (Phi) is 7.87. The van der Waals surface area contributed by atoms with Crippen molar-refractivity contribution in [2.24, 2.45) is 0 Å². The molecule has 220 valence electrons. The number of amides is 2. The highest BCUT2D eigenvalue weighted by Gasteiger charge is 2.36. The fourth-order valence-electron chi connectivity index (χ4n) is 4.87. The molecule has 1 N–H and O–H groups in total. The summed E-state index contributed by atoms with van der Waals surface area (Å²) in [6.45, 7) is 2.22. The lowest BCUT2D eigenvalue weighted by atomic mass is 10.1. The Labute approximate surface area is 240 Å². The predicted molar refractivity (Wildman–Crippen MR) is 146 cm³/mol. The fraction of sp³-hybridized carbons (Fsp3) is 0.440. The van der Waals surface area contributed by atoms with Gasteiger partial charge in [0, 0.05) is 58.2 Å². The standard InChI is InChI=1S/C25H28ClF3N8O3S/c1-34-9-10-35(24(34)38)13-16-3-4-21(19(26)11-16)36-14-20(31-15-36)22-18(25(27,28)29)12-30-23(33-22)32-17-5-7-37(8-6-17)41(2,39)40/h3-4,11-12,14-15,17H,5-10,13H2,1-2H3,(H,30,32,33). The van der Waals surface area contributed by atoms with Gasteiger partial charge in [0.05, 0.1) is 17.0 Å². The zero-order valence-corrected chi connectivity index (χ0v) is 23.8. The molecule has 0 spiro atoms. The van der Waals surface area contributed by atoms with E-state index < -0.39 is 27.5 Å². The summed E-state index contributed by atoms with van der Waals surface area (Å²) >= 11 is 6.53. The molecule has 5 rings (SSSR count). The minimum atomic E-state index is -4.72. The zero-order chi connectivity index (χ0) is 29.5. The summed E-state index contributed by atoms with van der Waals surface area (Å²) < 4.78 is 68.0. The number of hydrogen-bond donors (Lipinski definition) is 1. The van der Waals surface area contributed by atoms with E-state index in [0.29, 0.717) is 62.5 Å².